The van der Waals surface area contributed by atoms with Gasteiger partial charge in [0, 0.05) is 32.1 Å². The molecule has 170 valence electrons. The van der Waals surface area contributed by atoms with E-state index >= 15 is 0 Å². The van der Waals surface area contributed by atoms with Crippen LogP contribution in [0.2, 0.25) is 5.02 Å². The van der Waals surface area contributed by atoms with E-state index in [0.29, 0.717) is 6.42 Å². The Bertz CT molecular complexity index is 1230. The number of halogens is 3. The molecule has 0 fully saturated rings. The maximum Gasteiger partial charge on any atom is 0.274 e. The van der Waals surface area contributed by atoms with Crippen molar-refractivity contribution >= 4 is 23.4 Å². The molecule has 0 aliphatic carbocycles. The van der Waals surface area contributed by atoms with Crippen LogP contribution in [0, 0.1) is 11.6 Å². The van der Waals surface area contributed by atoms with Crippen LogP contribution in [0.1, 0.15) is 58.0 Å². The molecule has 1 aromatic carbocycles. The van der Waals surface area contributed by atoms with Gasteiger partial charge in [-0.05, 0) is 18.6 Å². The molecule has 2 aliphatic rings. The van der Waals surface area contributed by atoms with Crippen LogP contribution in [0.4, 0.5) is 8.78 Å². The number of hydrogen-bond acceptors (Lipinski definition) is 5. The highest BCUT2D eigenvalue weighted by molar-refractivity contribution is 6.30. The van der Waals surface area contributed by atoms with Gasteiger partial charge in [-0.15, -0.1) is 0 Å². The quantitative estimate of drug-likeness (QED) is 0.596. The van der Waals surface area contributed by atoms with E-state index in [2.05, 4.69) is 5.32 Å². The van der Waals surface area contributed by atoms with E-state index in [-0.39, 0.29) is 29.4 Å². The number of likely N-dealkylation sites (N-methyl/N-ethyl adjacent to an activating group) is 1. The number of nitrogens with one attached hydrogen (secondary N) is 1. The smallest absolute Gasteiger partial charge is 0.274 e. The summed E-state index contributed by atoms with van der Waals surface area (Å²) >= 11 is 5.66. The van der Waals surface area contributed by atoms with E-state index in [1.807, 2.05) is 6.92 Å². The van der Waals surface area contributed by atoms with E-state index < -0.39 is 63.9 Å². The SMILES string of the molecule is CCC12CC(O)c3c(C(=O)NCc4c(F)ccc(Cl)c4F)c(=O)c(O)c(n31)C(=O)N(C)C2. The van der Waals surface area contributed by atoms with Crippen molar-refractivity contribution in [3.8, 4) is 5.75 Å². The van der Waals surface area contributed by atoms with Crippen molar-refractivity contribution in [3.63, 3.8) is 0 Å². The molecule has 11 heteroatoms. The molecule has 2 aliphatic heterocycles. The molecule has 0 radical (unpaired) electrons. The van der Waals surface area contributed by atoms with Gasteiger partial charge >= 0.3 is 0 Å². The van der Waals surface area contributed by atoms with Crippen molar-refractivity contribution in [3.05, 3.63) is 61.5 Å². The monoisotopic (exact) mass is 467 g/mol. The van der Waals surface area contributed by atoms with Gasteiger partial charge in [-0.25, -0.2) is 8.78 Å². The summed E-state index contributed by atoms with van der Waals surface area (Å²) < 4.78 is 29.5. The summed E-state index contributed by atoms with van der Waals surface area (Å²) in [6, 6.07) is 1.97. The van der Waals surface area contributed by atoms with Crippen LogP contribution < -0.4 is 10.7 Å². The Morgan fingerprint density at radius 2 is 2.03 bits per heavy atom. The fraction of sp³-hybridized carbons (Fsp3) is 0.381. The van der Waals surface area contributed by atoms with E-state index in [1.165, 1.54) is 16.5 Å². The molecule has 2 unspecified atom stereocenters. The number of carbonyl (C=O) groups excluding carboxylic acids is 2. The fourth-order valence-corrected chi connectivity index (χ4v) is 4.86. The number of benzene rings is 1. The zero-order chi connectivity index (χ0) is 23.5. The maximum atomic E-state index is 14.2. The molecule has 0 saturated heterocycles. The number of nitrogens with zero attached hydrogens (tertiary/aromatic N) is 2. The highest BCUT2D eigenvalue weighted by Gasteiger charge is 2.51. The lowest BCUT2D eigenvalue weighted by Gasteiger charge is -2.41. The first-order valence-corrected chi connectivity index (χ1v) is 10.3. The maximum absolute atomic E-state index is 14.2. The van der Waals surface area contributed by atoms with Crippen molar-refractivity contribution in [1.82, 2.24) is 14.8 Å². The Balaban J connectivity index is 1.83. The molecule has 2 aromatic rings. The Hall–Kier alpha value is -2.98. The number of aromatic nitrogens is 1. The molecule has 3 heterocycles. The summed E-state index contributed by atoms with van der Waals surface area (Å²) in [5.41, 5.74) is -3.45. The lowest BCUT2D eigenvalue weighted by molar-refractivity contribution is 0.0568. The summed E-state index contributed by atoms with van der Waals surface area (Å²) in [7, 11) is 1.52. The van der Waals surface area contributed by atoms with Crippen molar-refractivity contribution < 1.29 is 28.6 Å². The molecule has 4 rings (SSSR count). The molecule has 32 heavy (non-hydrogen) atoms. The Morgan fingerprint density at radius 3 is 2.69 bits per heavy atom. The first-order valence-electron chi connectivity index (χ1n) is 9.90. The van der Waals surface area contributed by atoms with Crippen LogP contribution >= 0.6 is 11.6 Å². The number of rotatable bonds is 4. The lowest BCUT2D eigenvalue weighted by atomic mass is 9.89. The number of aliphatic hydroxyl groups is 1. The molecular formula is C21H20ClF2N3O5. The second-order valence-electron chi connectivity index (χ2n) is 8.09. The van der Waals surface area contributed by atoms with Crippen LogP contribution in [-0.2, 0) is 12.1 Å². The lowest BCUT2D eigenvalue weighted by Crippen LogP contribution is -2.52. The van der Waals surface area contributed by atoms with Gasteiger partial charge in [-0.3, -0.25) is 14.4 Å². The normalized spacial score (nSPS) is 21.6. The van der Waals surface area contributed by atoms with E-state index in [1.54, 1.807) is 0 Å². The zero-order valence-corrected chi connectivity index (χ0v) is 18.0. The number of carbonyl (C=O) groups is 2. The average molecular weight is 468 g/mol. The number of aromatic hydroxyl groups is 1. The minimum Gasteiger partial charge on any atom is -0.503 e. The predicted molar refractivity (Wildman–Crippen MR) is 110 cm³/mol. The third-order valence-electron chi connectivity index (χ3n) is 6.28. The third-order valence-corrected chi connectivity index (χ3v) is 6.57. The number of pyridine rings is 1. The van der Waals surface area contributed by atoms with Gasteiger partial charge in [0.25, 0.3) is 11.8 Å². The Kier molecular flexibility index (Phi) is 5.25. The Morgan fingerprint density at radius 1 is 1.34 bits per heavy atom. The largest absolute Gasteiger partial charge is 0.503 e. The summed E-state index contributed by atoms with van der Waals surface area (Å²) in [6.45, 7) is 1.41. The predicted octanol–water partition coefficient (Wildman–Crippen LogP) is 2.04. The minimum absolute atomic E-state index is 0.101. The van der Waals surface area contributed by atoms with Gasteiger partial charge in [0.2, 0.25) is 5.43 Å². The van der Waals surface area contributed by atoms with Gasteiger partial charge in [0.15, 0.2) is 11.4 Å². The van der Waals surface area contributed by atoms with Crippen molar-refractivity contribution in [2.45, 2.75) is 38.0 Å². The first-order chi connectivity index (χ1) is 15.0. The molecule has 2 amide bonds. The summed E-state index contributed by atoms with van der Waals surface area (Å²) in [5.74, 6) is -4.58. The van der Waals surface area contributed by atoms with Crippen molar-refractivity contribution in [1.29, 1.82) is 0 Å². The van der Waals surface area contributed by atoms with Gasteiger partial charge in [-0.1, -0.05) is 18.5 Å². The standard InChI is InChI=1S/C21H20ClF2N3O5/c1-3-21-6-12(28)15-13(17(29)18(30)16(27(15)21)20(32)26(2)8-21)19(31)25-7-9-11(23)5-4-10(22)14(9)24/h4-5,12,28,30H,3,6-8H2,1-2H3,(H,25,31). The van der Waals surface area contributed by atoms with Crippen molar-refractivity contribution in [2.75, 3.05) is 13.6 Å². The van der Waals surface area contributed by atoms with Crippen LogP contribution in [0.3, 0.4) is 0 Å². The van der Waals surface area contributed by atoms with Crippen LogP contribution in [0.5, 0.6) is 5.75 Å². The summed E-state index contributed by atoms with van der Waals surface area (Å²) in [6.07, 6.45) is -0.694. The van der Waals surface area contributed by atoms with Crippen LogP contribution in [0.15, 0.2) is 16.9 Å². The van der Waals surface area contributed by atoms with Gasteiger partial charge < -0.3 is 25.0 Å². The van der Waals surface area contributed by atoms with E-state index in [9.17, 15) is 33.4 Å². The summed E-state index contributed by atoms with van der Waals surface area (Å²) in [4.78, 5) is 39.9. The molecule has 0 saturated carbocycles. The highest BCUT2D eigenvalue weighted by Crippen LogP contribution is 2.47. The molecule has 3 N–H and O–H groups in total. The second kappa shape index (κ2) is 7.56. The molecular weight excluding hydrogens is 448 g/mol. The number of hydrogen-bond donors (Lipinski definition) is 3. The zero-order valence-electron chi connectivity index (χ0n) is 17.2. The van der Waals surface area contributed by atoms with Gasteiger partial charge in [0.1, 0.15) is 17.2 Å². The molecule has 2 atom stereocenters. The van der Waals surface area contributed by atoms with Gasteiger partial charge in [-0.2, -0.15) is 0 Å². The molecule has 1 aromatic heterocycles. The van der Waals surface area contributed by atoms with Crippen molar-refractivity contribution in [2.24, 2.45) is 0 Å². The first kappa shape index (κ1) is 22.2. The fourth-order valence-electron chi connectivity index (χ4n) is 4.68. The minimum atomic E-state index is -1.26. The number of aliphatic hydroxyl groups excluding tert-OH is 1. The summed E-state index contributed by atoms with van der Waals surface area (Å²) in [5, 5.41) is 23.2. The van der Waals surface area contributed by atoms with Crippen LogP contribution in [-0.4, -0.2) is 45.1 Å². The van der Waals surface area contributed by atoms with Crippen LogP contribution in [0.25, 0.3) is 0 Å². The highest BCUT2D eigenvalue weighted by atomic mass is 35.5. The molecule has 0 spiro atoms. The molecule has 8 nitrogen and oxygen atoms in total. The second-order valence-corrected chi connectivity index (χ2v) is 8.49. The van der Waals surface area contributed by atoms with E-state index in [4.69, 9.17) is 11.6 Å². The van der Waals surface area contributed by atoms with Gasteiger partial charge in [0.05, 0.1) is 22.4 Å². The van der Waals surface area contributed by atoms with E-state index in [0.717, 1.165) is 12.1 Å². The Labute approximate surface area is 186 Å². The average Bonchev–Trinajstić information content (AvgIpc) is 3.03. The topological polar surface area (TPSA) is 112 Å². The third kappa shape index (κ3) is 3.01. The molecule has 0 bridgehead atoms. The number of amides is 2.